The molecule has 0 bridgehead atoms. The summed E-state index contributed by atoms with van der Waals surface area (Å²) in [5, 5.41) is 13.0. The first kappa shape index (κ1) is 12.3. The maximum absolute atomic E-state index is 9.23. The number of hydrogen-bond acceptors (Lipinski definition) is 3. The number of halogens is 1. The summed E-state index contributed by atoms with van der Waals surface area (Å²) in [4.78, 5) is 4.13. The van der Waals surface area contributed by atoms with Crippen molar-refractivity contribution >= 4 is 17.4 Å². The number of aliphatic hydroxyl groups excluding tert-OH is 1. The molecule has 2 N–H and O–H groups in total. The fraction of sp³-hybridized carbons (Fsp3) is 0.545. The largest absolute Gasteiger partial charge is 0.394 e. The summed E-state index contributed by atoms with van der Waals surface area (Å²) >= 11 is 5.73. The summed E-state index contributed by atoms with van der Waals surface area (Å²) in [5.74, 6) is 1.16. The molecular formula is C11H17ClN2O. The van der Waals surface area contributed by atoms with Crippen LogP contribution in [0.15, 0.2) is 18.3 Å². The zero-order valence-corrected chi connectivity index (χ0v) is 9.83. The number of anilines is 1. The lowest BCUT2D eigenvalue weighted by molar-refractivity contribution is 0.241. The van der Waals surface area contributed by atoms with E-state index in [1.807, 2.05) is 6.07 Å². The van der Waals surface area contributed by atoms with Crippen molar-refractivity contribution in [3.8, 4) is 0 Å². The molecule has 0 aliphatic carbocycles. The lowest BCUT2D eigenvalue weighted by atomic mass is 10.00. The highest BCUT2D eigenvalue weighted by atomic mass is 35.5. The summed E-state index contributed by atoms with van der Waals surface area (Å²) in [7, 11) is 0. The van der Waals surface area contributed by atoms with E-state index in [4.69, 9.17) is 11.6 Å². The van der Waals surface area contributed by atoms with Crippen LogP contribution in [0.1, 0.15) is 20.3 Å². The Balaban J connectivity index is 2.62. The van der Waals surface area contributed by atoms with Gasteiger partial charge in [0.1, 0.15) is 5.82 Å². The molecule has 4 heteroatoms. The number of hydrogen-bond donors (Lipinski definition) is 2. The molecule has 0 amide bonds. The van der Waals surface area contributed by atoms with Gasteiger partial charge in [-0.2, -0.15) is 0 Å². The van der Waals surface area contributed by atoms with Crippen LogP contribution in [0.2, 0.25) is 5.02 Å². The van der Waals surface area contributed by atoms with Crippen LogP contribution < -0.4 is 5.32 Å². The van der Waals surface area contributed by atoms with Crippen LogP contribution in [0.4, 0.5) is 5.82 Å². The fourth-order valence-electron chi connectivity index (χ4n) is 1.30. The van der Waals surface area contributed by atoms with E-state index in [2.05, 4.69) is 24.1 Å². The number of aliphatic hydroxyl groups is 1. The first-order chi connectivity index (χ1) is 7.17. The van der Waals surface area contributed by atoms with Crippen molar-refractivity contribution in [2.75, 3.05) is 11.9 Å². The predicted octanol–water partition coefficient (Wildman–Crippen LogP) is 2.55. The normalized spacial score (nSPS) is 14.7. The first-order valence-corrected chi connectivity index (χ1v) is 5.54. The van der Waals surface area contributed by atoms with Crippen molar-refractivity contribution in [2.45, 2.75) is 26.3 Å². The molecule has 0 spiro atoms. The van der Waals surface area contributed by atoms with Crippen molar-refractivity contribution in [2.24, 2.45) is 5.92 Å². The lowest BCUT2D eigenvalue weighted by Crippen LogP contribution is -2.31. The number of nitrogens with one attached hydrogen (secondary N) is 1. The van der Waals surface area contributed by atoms with Crippen LogP contribution >= 0.6 is 11.6 Å². The van der Waals surface area contributed by atoms with Crippen molar-refractivity contribution in [1.29, 1.82) is 0 Å². The van der Waals surface area contributed by atoms with Gasteiger partial charge in [-0.05, 0) is 18.1 Å². The molecule has 1 aromatic rings. The van der Waals surface area contributed by atoms with Gasteiger partial charge in [0.2, 0.25) is 0 Å². The molecule has 3 nitrogen and oxygen atoms in total. The van der Waals surface area contributed by atoms with Gasteiger partial charge in [-0.15, -0.1) is 0 Å². The van der Waals surface area contributed by atoms with E-state index in [1.165, 1.54) is 0 Å². The highest BCUT2D eigenvalue weighted by Gasteiger charge is 2.14. The molecule has 0 radical (unpaired) electrons. The topological polar surface area (TPSA) is 45.1 Å². The molecule has 15 heavy (non-hydrogen) atoms. The molecule has 0 saturated heterocycles. The minimum Gasteiger partial charge on any atom is -0.394 e. The molecule has 0 fully saturated rings. The molecular weight excluding hydrogens is 212 g/mol. The molecule has 1 heterocycles. The Kier molecular flexibility index (Phi) is 4.85. The highest BCUT2D eigenvalue weighted by Crippen LogP contribution is 2.14. The van der Waals surface area contributed by atoms with E-state index in [9.17, 15) is 5.11 Å². The summed E-state index contributed by atoms with van der Waals surface area (Å²) in [5.41, 5.74) is 0. The van der Waals surface area contributed by atoms with Crippen LogP contribution in [0.3, 0.4) is 0 Å². The average molecular weight is 229 g/mol. The van der Waals surface area contributed by atoms with E-state index in [0.29, 0.717) is 10.9 Å². The third kappa shape index (κ3) is 3.68. The van der Waals surface area contributed by atoms with Gasteiger partial charge in [-0.1, -0.05) is 31.9 Å². The number of aromatic nitrogens is 1. The van der Waals surface area contributed by atoms with E-state index < -0.39 is 0 Å². The quantitative estimate of drug-likeness (QED) is 0.814. The Morgan fingerprint density at radius 1 is 1.53 bits per heavy atom. The van der Waals surface area contributed by atoms with Gasteiger partial charge in [0.05, 0.1) is 17.7 Å². The predicted molar refractivity (Wildman–Crippen MR) is 63.2 cm³/mol. The Bertz CT molecular complexity index is 289. The van der Waals surface area contributed by atoms with Crippen molar-refractivity contribution < 1.29 is 5.11 Å². The smallest absolute Gasteiger partial charge is 0.126 e. The molecule has 0 unspecified atom stereocenters. The van der Waals surface area contributed by atoms with Gasteiger partial charge in [-0.25, -0.2) is 4.98 Å². The molecule has 0 saturated carbocycles. The molecule has 0 aliphatic rings. The molecule has 0 aliphatic heterocycles. The zero-order valence-electron chi connectivity index (χ0n) is 9.07. The Labute approximate surface area is 95.5 Å². The van der Waals surface area contributed by atoms with Crippen molar-refractivity contribution in [1.82, 2.24) is 4.98 Å². The standard InChI is InChI=1S/C11H17ClN2O/c1-3-8(2)10(7-15)14-11-5-4-9(12)6-13-11/h4-6,8,10,15H,3,7H2,1-2H3,(H,13,14)/t8-,10+/m1/s1. The second kappa shape index (κ2) is 5.93. The van der Waals surface area contributed by atoms with Crippen LogP contribution in [0.25, 0.3) is 0 Å². The van der Waals surface area contributed by atoms with Gasteiger partial charge >= 0.3 is 0 Å². The summed E-state index contributed by atoms with van der Waals surface area (Å²) in [6.45, 7) is 4.31. The molecule has 84 valence electrons. The zero-order chi connectivity index (χ0) is 11.3. The first-order valence-electron chi connectivity index (χ1n) is 5.16. The molecule has 0 aromatic carbocycles. The third-order valence-electron chi connectivity index (χ3n) is 2.59. The third-order valence-corrected chi connectivity index (χ3v) is 2.81. The monoisotopic (exact) mass is 228 g/mol. The summed E-state index contributed by atoms with van der Waals surface area (Å²) in [6.07, 6.45) is 2.61. The van der Waals surface area contributed by atoms with Gasteiger partial charge < -0.3 is 10.4 Å². The molecule has 1 rings (SSSR count). The van der Waals surface area contributed by atoms with Gasteiger partial charge in [0, 0.05) is 6.20 Å². The van der Waals surface area contributed by atoms with Gasteiger partial charge in [-0.3, -0.25) is 0 Å². The molecule has 1 aromatic heterocycles. The van der Waals surface area contributed by atoms with E-state index in [1.54, 1.807) is 12.3 Å². The maximum Gasteiger partial charge on any atom is 0.126 e. The Hall–Kier alpha value is -0.800. The second-order valence-corrected chi connectivity index (χ2v) is 4.12. The summed E-state index contributed by atoms with van der Waals surface area (Å²) in [6, 6.07) is 3.64. The average Bonchev–Trinajstić information content (AvgIpc) is 2.27. The minimum atomic E-state index is 0.0451. The SMILES string of the molecule is CC[C@@H](C)[C@H](CO)Nc1ccc(Cl)cn1. The Morgan fingerprint density at radius 2 is 2.27 bits per heavy atom. The van der Waals surface area contributed by atoms with Crippen molar-refractivity contribution in [3.05, 3.63) is 23.4 Å². The second-order valence-electron chi connectivity index (χ2n) is 3.68. The fourth-order valence-corrected chi connectivity index (χ4v) is 1.42. The Morgan fingerprint density at radius 3 is 2.73 bits per heavy atom. The number of nitrogens with zero attached hydrogens (tertiary/aromatic N) is 1. The van der Waals surface area contributed by atoms with E-state index >= 15 is 0 Å². The maximum atomic E-state index is 9.23. The minimum absolute atomic E-state index is 0.0451. The van der Waals surface area contributed by atoms with Crippen LogP contribution in [0, 0.1) is 5.92 Å². The van der Waals surface area contributed by atoms with Crippen LogP contribution in [-0.4, -0.2) is 22.7 Å². The van der Waals surface area contributed by atoms with E-state index in [0.717, 1.165) is 12.2 Å². The van der Waals surface area contributed by atoms with Gasteiger partial charge in [0.25, 0.3) is 0 Å². The number of rotatable bonds is 5. The van der Waals surface area contributed by atoms with Crippen LogP contribution in [0.5, 0.6) is 0 Å². The van der Waals surface area contributed by atoms with Gasteiger partial charge in [0.15, 0.2) is 0 Å². The lowest BCUT2D eigenvalue weighted by Gasteiger charge is -2.22. The van der Waals surface area contributed by atoms with Crippen LogP contribution in [-0.2, 0) is 0 Å². The number of pyridine rings is 1. The van der Waals surface area contributed by atoms with Crippen molar-refractivity contribution in [3.63, 3.8) is 0 Å². The molecule has 2 atom stereocenters. The van der Waals surface area contributed by atoms with E-state index in [-0.39, 0.29) is 12.6 Å². The summed E-state index contributed by atoms with van der Waals surface area (Å²) < 4.78 is 0. The highest BCUT2D eigenvalue weighted by molar-refractivity contribution is 6.30.